The molecule has 5 nitrogen and oxygen atoms in total. The third kappa shape index (κ3) is 5.28. The molecule has 106 valence electrons. The van der Waals surface area contributed by atoms with Gasteiger partial charge in [-0.1, -0.05) is 0 Å². The first-order valence-electron chi connectivity index (χ1n) is 6.25. The fraction of sp³-hybridized carbons (Fsp3) is 0.500. The maximum atomic E-state index is 12.0. The normalized spacial score (nSPS) is 11.2. The molecule has 0 fully saturated rings. The summed E-state index contributed by atoms with van der Waals surface area (Å²) in [6.45, 7) is 5.31. The van der Waals surface area contributed by atoms with Crippen molar-refractivity contribution in [2.24, 2.45) is 0 Å². The molecular formula is C14H21NO4. The highest BCUT2D eigenvalue weighted by Crippen LogP contribution is 2.22. The number of carbonyl (C=O) groups is 1. The molecule has 0 saturated heterocycles. The second kappa shape index (κ2) is 7.11. The van der Waals surface area contributed by atoms with Gasteiger partial charge in [0.15, 0.2) is 5.78 Å². The first-order chi connectivity index (χ1) is 8.90. The van der Waals surface area contributed by atoms with E-state index in [0.717, 1.165) is 6.07 Å². The summed E-state index contributed by atoms with van der Waals surface area (Å²) in [6.07, 6.45) is 0.172. The summed E-state index contributed by atoms with van der Waals surface area (Å²) < 4.78 is 5.40. The van der Waals surface area contributed by atoms with Gasteiger partial charge in [0.25, 0.3) is 0 Å². The van der Waals surface area contributed by atoms with E-state index in [4.69, 9.17) is 4.74 Å². The number of likely N-dealkylation sites (N-methyl/N-ethyl adjacent to an activating group) is 1. The summed E-state index contributed by atoms with van der Waals surface area (Å²) in [7, 11) is 1.82. The Morgan fingerprint density at radius 2 is 2.05 bits per heavy atom. The van der Waals surface area contributed by atoms with Gasteiger partial charge in [-0.15, -0.1) is 0 Å². The first-order valence-corrected chi connectivity index (χ1v) is 6.25. The molecule has 2 N–H and O–H groups in total. The Bertz CT molecular complexity index is 431. The van der Waals surface area contributed by atoms with Crippen LogP contribution in [0.5, 0.6) is 11.5 Å². The van der Waals surface area contributed by atoms with Crippen LogP contribution in [0.15, 0.2) is 18.2 Å². The fourth-order valence-electron chi connectivity index (χ4n) is 1.61. The summed E-state index contributed by atoms with van der Waals surface area (Å²) in [6, 6.07) is 3.97. The van der Waals surface area contributed by atoms with Crippen LogP contribution >= 0.6 is 0 Å². The lowest BCUT2D eigenvalue weighted by Gasteiger charge is -2.17. The molecule has 0 unspecified atom stereocenters. The van der Waals surface area contributed by atoms with Crippen LogP contribution in [0.3, 0.4) is 0 Å². The van der Waals surface area contributed by atoms with E-state index in [1.54, 1.807) is 0 Å². The zero-order valence-corrected chi connectivity index (χ0v) is 11.6. The Labute approximate surface area is 113 Å². The molecule has 0 saturated carbocycles. The average molecular weight is 267 g/mol. The highest BCUT2D eigenvalue weighted by Gasteiger charge is 2.13. The van der Waals surface area contributed by atoms with Gasteiger partial charge in [0.1, 0.15) is 11.5 Å². The Hall–Kier alpha value is -1.59. The third-order valence-corrected chi connectivity index (χ3v) is 2.62. The molecule has 0 aromatic heterocycles. The van der Waals surface area contributed by atoms with Gasteiger partial charge in [0, 0.05) is 12.6 Å². The molecule has 1 aromatic rings. The molecule has 1 rings (SSSR count). The molecular weight excluding hydrogens is 246 g/mol. The largest absolute Gasteiger partial charge is 0.508 e. The van der Waals surface area contributed by atoms with E-state index in [0.29, 0.717) is 13.2 Å². The molecule has 0 radical (unpaired) electrons. The standard InChI is InChI=1S/C14H21NO4/c1-10(2)19-7-6-15(3)9-14(18)12-5-4-11(16)8-13(12)17/h4-5,8,10,16-17H,6-7,9H2,1-3H3. The Kier molecular flexibility index (Phi) is 5.79. The minimum Gasteiger partial charge on any atom is -0.508 e. The zero-order chi connectivity index (χ0) is 14.4. The molecule has 0 spiro atoms. The Balaban J connectivity index is 2.50. The SMILES string of the molecule is CC(C)OCCN(C)CC(=O)c1ccc(O)cc1O. The number of ketones is 1. The third-order valence-electron chi connectivity index (χ3n) is 2.62. The highest BCUT2D eigenvalue weighted by molar-refractivity contribution is 6.00. The van der Waals surface area contributed by atoms with E-state index in [1.165, 1.54) is 12.1 Å². The molecule has 0 heterocycles. The number of hydrogen-bond donors (Lipinski definition) is 2. The fourth-order valence-corrected chi connectivity index (χ4v) is 1.61. The number of ether oxygens (including phenoxy) is 1. The van der Waals surface area contributed by atoms with Gasteiger partial charge < -0.3 is 14.9 Å². The monoisotopic (exact) mass is 267 g/mol. The highest BCUT2D eigenvalue weighted by atomic mass is 16.5. The quantitative estimate of drug-likeness (QED) is 0.735. The summed E-state index contributed by atoms with van der Waals surface area (Å²) in [4.78, 5) is 13.8. The minimum atomic E-state index is -0.197. The number of aromatic hydroxyl groups is 2. The lowest BCUT2D eigenvalue weighted by Crippen LogP contribution is -2.30. The molecule has 19 heavy (non-hydrogen) atoms. The van der Waals surface area contributed by atoms with Crippen LogP contribution < -0.4 is 0 Å². The average Bonchev–Trinajstić information content (AvgIpc) is 2.27. The van der Waals surface area contributed by atoms with Crippen LogP contribution in [0.4, 0.5) is 0 Å². The smallest absolute Gasteiger partial charge is 0.180 e. The predicted octanol–water partition coefficient (Wildman–Crippen LogP) is 1.64. The zero-order valence-electron chi connectivity index (χ0n) is 11.6. The lowest BCUT2D eigenvalue weighted by molar-refractivity contribution is 0.0619. The molecule has 0 bridgehead atoms. The number of benzene rings is 1. The number of phenolic OH excluding ortho intramolecular Hbond substituents is 2. The minimum absolute atomic E-state index is 0.0623. The van der Waals surface area contributed by atoms with Crippen LogP contribution in [0.2, 0.25) is 0 Å². The maximum absolute atomic E-state index is 12.0. The maximum Gasteiger partial charge on any atom is 0.180 e. The van der Waals surface area contributed by atoms with Crippen molar-refractivity contribution in [2.75, 3.05) is 26.7 Å². The van der Waals surface area contributed by atoms with E-state index in [9.17, 15) is 15.0 Å². The topological polar surface area (TPSA) is 70.0 Å². The van der Waals surface area contributed by atoms with Gasteiger partial charge in [0.05, 0.1) is 24.8 Å². The summed E-state index contributed by atoms with van der Waals surface area (Å²) in [5.74, 6) is -0.450. The van der Waals surface area contributed by atoms with Crippen molar-refractivity contribution in [3.63, 3.8) is 0 Å². The molecule has 0 aliphatic carbocycles. The van der Waals surface area contributed by atoms with Crippen molar-refractivity contribution in [2.45, 2.75) is 20.0 Å². The number of hydrogen-bond acceptors (Lipinski definition) is 5. The van der Waals surface area contributed by atoms with E-state index in [-0.39, 0.29) is 35.5 Å². The van der Waals surface area contributed by atoms with Crippen molar-refractivity contribution in [3.8, 4) is 11.5 Å². The van der Waals surface area contributed by atoms with E-state index < -0.39 is 0 Å². The summed E-state index contributed by atoms with van der Waals surface area (Å²) >= 11 is 0. The second-order valence-electron chi connectivity index (χ2n) is 4.78. The van der Waals surface area contributed by atoms with Crippen molar-refractivity contribution < 1.29 is 19.7 Å². The van der Waals surface area contributed by atoms with Gasteiger partial charge in [-0.25, -0.2) is 0 Å². The molecule has 0 amide bonds. The second-order valence-corrected chi connectivity index (χ2v) is 4.78. The van der Waals surface area contributed by atoms with Gasteiger partial charge in [-0.2, -0.15) is 0 Å². The van der Waals surface area contributed by atoms with Gasteiger partial charge >= 0.3 is 0 Å². The van der Waals surface area contributed by atoms with E-state index >= 15 is 0 Å². The Morgan fingerprint density at radius 3 is 2.63 bits per heavy atom. The summed E-state index contributed by atoms with van der Waals surface area (Å²) in [5, 5.41) is 18.8. The number of phenols is 2. The molecule has 1 aromatic carbocycles. The van der Waals surface area contributed by atoms with Gasteiger partial charge in [0.2, 0.25) is 0 Å². The van der Waals surface area contributed by atoms with Gasteiger partial charge in [-0.05, 0) is 33.0 Å². The first kappa shape index (κ1) is 15.5. The Morgan fingerprint density at radius 1 is 1.37 bits per heavy atom. The van der Waals surface area contributed by atoms with Crippen LogP contribution in [0, 0.1) is 0 Å². The van der Waals surface area contributed by atoms with Crippen LogP contribution in [0.25, 0.3) is 0 Å². The summed E-state index contributed by atoms with van der Waals surface area (Å²) in [5.41, 5.74) is 0.217. The van der Waals surface area contributed by atoms with Crippen molar-refractivity contribution in [3.05, 3.63) is 23.8 Å². The van der Waals surface area contributed by atoms with Crippen LogP contribution in [-0.4, -0.2) is 53.7 Å². The van der Waals surface area contributed by atoms with Crippen molar-refractivity contribution in [1.82, 2.24) is 4.90 Å². The van der Waals surface area contributed by atoms with E-state index in [2.05, 4.69) is 0 Å². The molecule has 5 heteroatoms. The van der Waals surface area contributed by atoms with Gasteiger partial charge in [-0.3, -0.25) is 9.69 Å². The van der Waals surface area contributed by atoms with Crippen LogP contribution in [-0.2, 0) is 4.74 Å². The van der Waals surface area contributed by atoms with E-state index in [1.807, 2.05) is 25.8 Å². The number of carbonyl (C=O) groups excluding carboxylic acids is 1. The lowest BCUT2D eigenvalue weighted by atomic mass is 10.1. The number of rotatable bonds is 7. The number of nitrogens with zero attached hydrogens (tertiary/aromatic N) is 1. The van der Waals surface area contributed by atoms with Crippen LogP contribution in [0.1, 0.15) is 24.2 Å². The molecule has 0 aliphatic heterocycles. The predicted molar refractivity (Wildman–Crippen MR) is 72.7 cm³/mol. The molecule has 0 atom stereocenters. The number of Topliss-reactive ketones (excluding diaryl/α,β-unsaturated/α-hetero) is 1. The molecule has 0 aliphatic rings. The van der Waals surface area contributed by atoms with Crippen molar-refractivity contribution in [1.29, 1.82) is 0 Å². The van der Waals surface area contributed by atoms with Crippen molar-refractivity contribution >= 4 is 5.78 Å².